The maximum absolute atomic E-state index is 5.92. The van der Waals surface area contributed by atoms with Crippen molar-refractivity contribution < 1.29 is 4.42 Å². The lowest BCUT2D eigenvalue weighted by Gasteiger charge is -2.19. The Kier molecular flexibility index (Phi) is 3.09. The minimum absolute atomic E-state index is 0.152. The zero-order valence-electron chi connectivity index (χ0n) is 12.0. The average Bonchev–Trinajstić information content (AvgIpc) is 2.81. The monoisotopic (exact) mass is 258 g/mol. The fourth-order valence-electron chi connectivity index (χ4n) is 2.65. The lowest BCUT2D eigenvalue weighted by atomic mass is 9.87. The molecule has 0 saturated carbocycles. The molecule has 0 bridgehead atoms. The Labute approximate surface area is 114 Å². The second kappa shape index (κ2) is 4.64. The third-order valence-corrected chi connectivity index (χ3v) is 3.92. The molecule has 0 aliphatic carbocycles. The minimum atomic E-state index is 0.152. The van der Waals surface area contributed by atoms with Crippen LogP contribution in [0.15, 0.2) is 22.6 Å². The van der Waals surface area contributed by atoms with Gasteiger partial charge in [-0.3, -0.25) is 0 Å². The molecule has 2 heterocycles. The van der Waals surface area contributed by atoms with Crippen LogP contribution >= 0.6 is 0 Å². The molecule has 1 atom stereocenters. The molecular formula is C16H22N2O. The summed E-state index contributed by atoms with van der Waals surface area (Å²) in [6.45, 7) is 8.77. The predicted octanol–water partition coefficient (Wildman–Crippen LogP) is 3.59. The first-order valence-corrected chi connectivity index (χ1v) is 7.16. The van der Waals surface area contributed by atoms with Gasteiger partial charge in [0.15, 0.2) is 11.5 Å². The quantitative estimate of drug-likeness (QED) is 0.849. The Balaban J connectivity index is 1.96. The highest BCUT2D eigenvalue weighted by Crippen LogP contribution is 2.29. The highest BCUT2D eigenvalue weighted by atomic mass is 16.3. The molecule has 1 aromatic heterocycles. The zero-order chi connectivity index (χ0) is 13.5. The van der Waals surface area contributed by atoms with Crippen molar-refractivity contribution in [1.29, 1.82) is 0 Å². The summed E-state index contributed by atoms with van der Waals surface area (Å²) in [7, 11) is 0. The van der Waals surface area contributed by atoms with E-state index in [9.17, 15) is 0 Å². The number of fused-ring (bicyclic) bond motifs is 1. The van der Waals surface area contributed by atoms with Gasteiger partial charge in [-0.15, -0.1) is 0 Å². The van der Waals surface area contributed by atoms with Crippen molar-refractivity contribution in [2.75, 3.05) is 13.1 Å². The van der Waals surface area contributed by atoms with Crippen molar-refractivity contribution in [2.45, 2.75) is 44.9 Å². The molecule has 0 radical (unpaired) electrons. The Bertz CT molecular complexity index is 574. The molecule has 3 rings (SSSR count). The Morgan fingerprint density at radius 3 is 2.84 bits per heavy atom. The van der Waals surface area contributed by atoms with E-state index in [0.29, 0.717) is 5.92 Å². The highest BCUT2D eigenvalue weighted by molar-refractivity contribution is 5.73. The summed E-state index contributed by atoms with van der Waals surface area (Å²) in [5.74, 6) is 1.33. The third-order valence-electron chi connectivity index (χ3n) is 3.92. The van der Waals surface area contributed by atoms with Crippen LogP contribution in [0.1, 0.15) is 51.0 Å². The van der Waals surface area contributed by atoms with Gasteiger partial charge in [0.2, 0.25) is 0 Å². The van der Waals surface area contributed by atoms with Gasteiger partial charge in [0.05, 0.1) is 0 Å². The van der Waals surface area contributed by atoms with Crippen LogP contribution in [-0.2, 0) is 5.41 Å². The van der Waals surface area contributed by atoms with Gasteiger partial charge >= 0.3 is 0 Å². The molecule has 1 aromatic carbocycles. The smallest absolute Gasteiger partial charge is 0.199 e. The van der Waals surface area contributed by atoms with Gasteiger partial charge in [0.25, 0.3) is 0 Å². The summed E-state index contributed by atoms with van der Waals surface area (Å²) < 4.78 is 5.92. The largest absolute Gasteiger partial charge is 0.440 e. The second-order valence-corrected chi connectivity index (χ2v) is 6.53. The first kappa shape index (κ1) is 12.7. The number of nitrogens with one attached hydrogen (secondary N) is 1. The third kappa shape index (κ3) is 2.52. The van der Waals surface area contributed by atoms with Crippen LogP contribution in [0, 0.1) is 0 Å². The summed E-state index contributed by atoms with van der Waals surface area (Å²) >= 11 is 0. The Morgan fingerprint density at radius 1 is 1.32 bits per heavy atom. The number of nitrogens with zero attached hydrogens (tertiary/aromatic N) is 1. The van der Waals surface area contributed by atoms with Crippen molar-refractivity contribution >= 4 is 11.1 Å². The van der Waals surface area contributed by atoms with Gasteiger partial charge in [0.1, 0.15) is 5.52 Å². The molecule has 1 unspecified atom stereocenters. The summed E-state index contributed by atoms with van der Waals surface area (Å²) in [5, 5.41) is 3.41. The molecule has 102 valence electrons. The molecule has 3 nitrogen and oxygen atoms in total. The van der Waals surface area contributed by atoms with Crippen molar-refractivity contribution in [1.82, 2.24) is 10.3 Å². The first-order chi connectivity index (χ1) is 9.04. The van der Waals surface area contributed by atoms with Crippen LogP contribution in [0.2, 0.25) is 0 Å². The molecule has 1 aliphatic heterocycles. The normalized spacial score (nSPS) is 20.9. The molecule has 3 heteroatoms. The van der Waals surface area contributed by atoms with E-state index in [1.54, 1.807) is 0 Å². The molecule has 0 spiro atoms. The van der Waals surface area contributed by atoms with E-state index >= 15 is 0 Å². The van der Waals surface area contributed by atoms with Crippen molar-refractivity contribution in [3.05, 3.63) is 29.7 Å². The van der Waals surface area contributed by atoms with Gasteiger partial charge in [-0.25, -0.2) is 4.98 Å². The van der Waals surface area contributed by atoms with Gasteiger partial charge in [0, 0.05) is 12.5 Å². The van der Waals surface area contributed by atoms with E-state index in [1.165, 1.54) is 18.4 Å². The lowest BCUT2D eigenvalue weighted by molar-refractivity contribution is 0.387. The molecule has 0 amide bonds. The number of oxazole rings is 1. The first-order valence-electron chi connectivity index (χ1n) is 7.16. The number of benzene rings is 1. The van der Waals surface area contributed by atoms with Crippen LogP contribution in [0.3, 0.4) is 0 Å². The van der Waals surface area contributed by atoms with Gasteiger partial charge in [-0.05, 0) is 42.5 Å². The van der Waals surface area contributed by atoms with Crippen molar-refractivity contribution in [3.8, 4) is 0 Å². The molecule has 1 N–H and O–H groups in total. The molecule has 1 fully saturated rings. The van der Waals surface area contributed by atoms with Gasteiger partial charge in [-0.2, -0.15) is 0 Å². The maximum atomic E-state index is 5.92. The Morgan fingerprint density at radius 2 is 2.16 bits per heavy atom. The maximum Gasteiger partial charge on any atom is 0.199 e. The molecular weight excluding hydrogens is 236 g/mol. The van der Waals surface area contributed by atoms with E-state index in [4.69, 9.17) is 9.40 Å². The second-order valence-electron chi connectivity index (χ2n) is 6.53. The SMILES string of the molecule is CC(C)(C)c1ccc2oc(C3CCCNC3)nc2c1. The van der Waals surface area contributed by atoms with E-state index in [-0.39, 0.29) is 5.41 Å². The summed E-state index contributed by atoms with van der Waals surface area (Å²) in [5.41, 5.74) is 3.36. The highest BCUT2D eigenvalue weighted by Gasteiger charge is 2.21. The van der Waals surface area contributed by atoms with E-state index in [0.717, 1.165) is 30.1 Å². The van der Waals surface area contributed by atoms with Gasteiger partial charge in [-0.1, -0.05) is 26.8 Å². The van der Waals surface area contributed by atoms with E-state index in [1.807, 2.05) is 0 Å². The Hall–Kier alpha value is -1.35. The van der Waals surface area contributed by atoms with Crippen LogP contribution in [0.5, 0.6) is 0 Å². The fraction of sp³-hybridized carbons (Fsp3) is 0.562. The number of rotatable bonds is 1. The predicted molar refractivity (Wildman–Crippen MR) is 77.6 cm³/mol. The van der Waals surface area contributed by atoms with Crippen LogP contribution < -0.4 is 5.32 Å². The van der Waals surface area contributed by atoms with E-state index in [2.05, 4.69) is 44.3 Å². The minimum Gasteiger partial charge on any atom is -0.440 e. The fourth-order valence-corrected chi connectivity index (χ4v) is 2.65. The summed E-state index contributed by atoms with van der Waals surface area (Å²) in [6, 6.07) is 6.37. The summed E-state index contributed by atoms with van der Waals surface area (Å²) in [4.78, 5) is 4.70. The number of hydrogen-bond donors (Lipinski definition) is 1. The molecule has 19 heavy (non-hydrogen) atoms. The van der Waals surface area contributed by atoms with E-state index < -0.39 is 0 Å². The molecule has 1 aliphatic rings. The topological polar surface area (TPSA) is 38.1 Å². The molecule has 1 saturated heterocycles. The number of piperidine rings is 1. The van der Waals surface area contributed by atoms with Gasteiger partial charge < -0.3 is 9.73 Å². The van der Waals surface area contributed by atoms with Crippen LogP contribution in [-0.4, -0.2) is 18.1 Å². The standard InChI is InChI=1S/C16H22N2O/c1-16(2,3)12-6-7-14-13(9-12)18-15(19-14)11-5-4-8-17-10-11/h6-7,9,11,17H,4-5,8,10H2,1-3H3. The summed E-state index contributed by atoms with van der Waals surface area (Å²) in [6.07, 6.45) is 2.38. The van der Waals surface area contributed by atoms with Crippen LogP contribution in [0.25, 0.3) is 11.1 Å². The van der Waals surface area contributed by atoms with Crippen molar-refractivity contribution in [2.24, 2.45) is 0 Å². The lowest BCUT2D eigenvalue weighted by Crippen LogP contribution is -2.28. The number of hydrogen-bond acceptors (Lipinski definition) is 3. The van der Waals surface area contributed by atoms with Crippen LogP contribution in [0.4, 0.5) is 0 Å². The molecule has 2 aromatic rings. The number of aromatic nitrogens is 1. The zero-order valence-corrected chi connectivity index (χ0v) is 12.0. The average molecular weight is 258 g/mol. The van der Waals surface area contributed by atoms with Crippen molar-refractivity contribution in [3.63, 3.8) is 0 Å².